The van der Waals surface area contributed by atoms with Gasteiger partial charge < -0.3 is 11.1 Å². The predicted molar refractivity (Wildman–Crippen MR) is 61.1 cm³/mol. The van der Waals surface area contributed by atoms with Gasteiger partial charge >= 0.3 is 0 Å². The van der Waals surface area contributed by atoms with Crippen LogP contribution in [0.25, 0.3) is 0 Å². The second kappa shape index (κ2) is 4.58. The summed E-state index contributed by atoms with van der Waals surface area (Å²) in [6.07, 6.45) is 0. The molecule has 0 saturated carbocycles. The van der Waals surface area contributed by atoms with Gasteiger partial charge in [0.15, 0.2) is 0 Å². The molecule has 0 heterocycles. The van der Waals surface area contributed by atoms with E-state index in [0.717, 1.165) is 0 Å². The van der Waals surface area contributed by atoms with Crippen molar-refractivity contribution in [3.8, 4) is 0 Å². The Labute approximate surface area is 86.5 Å². The van der Waals surface area contributed by atoms with Crippen LogP contribution in [0, 0.1) is 0 Å². The monoisotopic (exact) mass is 192 g/mol. The lowest BCUT2D eigenvalue weighted by atomic mass is 9.93. The third-order valence-corrected chi connectivity index (χ3v) is 2.46. The molecular formula is C12H20N2. The fourth-order valence-electron chi connectivity index (χ4n) is 1.61. The van der Waals surface area contributed by atoms with Crippen LogP contribution in [0.4, 0.5) is 0 Å². The highest BCUT2D eigenvalue weighted by molar-refractivity contribution is 5.22. The molecule has 1 unspecified atom stereocenters. The molecule has 0 saturated heterocycles. The van der Waals surface area contributed by atoms with Crippen LogP contribution in [0.3, 0.4) is 0 Å². The molecule has 0 aromatic heterocycles. The summed E-state index contributed by atoms with van der Waals surface area (Å²) in [5, 5.41) is 3.50. The van der Waals surface area contributed by atoms with Crippen molar-refractivity contribution in [2.24, 2.45) is 5.73 Å². The van der Waals surface area contributed by atoms with E-state index in [1.807, 2.05) is 6.07 Å². The van der Waals surface area contributed by atoms with E-state index in [1.54, 1.807) is 0 Å². The minimum absolute atomic E-state index is 0.0138. The first-order valence-corrected chi connectivity index (χ1v) is 5.09. The minimum atomic E-state index is -0.0138. The first-order chi connectivity index (χ1) is 6.56. The molecule has 1 atom stereocenters. The summed E-state index contributed by atoms with van der Waals surface area (Å²) in [5.41, 5.74) is 6.87. The Bertz CT molecular complexity index is 267. The average Bonchev–Trinajstić information content (AvgIpc) is 2.18. The Hall–Kier alpha value is -0.860. The van der Waals surface area contributed by atoms with Gasteiger partial charge in [-0.05, 0) is 26.3 Å². The van der Waals surface area contributed by atoms with Crippen molar-refractivity contribution < 1.29 is 0 Å². The number of nitrogens with two attached hydrogens (primary N) is 1. The van der Waals surface area contributed by atoms with Crippen molar-refractivity contribution in [2.75, 3.05) is 6.54 Å². The number of nitrogens with one attached hydrogen (secondary N) is 1. The van der Waals surface area contributed by atoms with Gasteiger partial charge in [-0.2, -0.15) is 0 Å². The molecule has 3 N–H and O–H groups in total. The summed E-state index contributed by atoms with van der Waals surface area (Å²) >= 11 is 0. The van der Waals surface area contributed by atoms with Crippen molar-refractivity contribution in [1.29, 1.82) is 0 Å². The molecule has 0 aliphatic carbocycles. The molecule has 0 amide bonds. The van der Waals surface area contributed by atoms with Gasteiger partial charge in [-0.25, -0.2) is 0 Å². The van der Waals surface area contributed by atoms with Gasteiger partial charge in [-0.15, -0.1) is 0 Å². The van der Waals surface area contributed by atoms with Gasteiger partial charge in [0, 0.05) is 18.1 Å². The van der Waals surface area contributed by atoms with Crippen LogP contribution in [0.2, 0.25) is 0 Å². The third-order valence-electron chi connectivity index (χ3n) is 2.46. The molecule has 0 aliphatic rings. The summed E-state index contributed by atoms with van der Waals surface area (Å²) < 4.78 is 0. The minimum Gasteiger partial charge on any atom is -0.329 e. The smallest absolute Gasteiger partial charge is 0.0380 e. The molecule has 1 aromatic carbocycles. The fraction of sp³-hybridized carbons (Fsp3) is 0.500. The molecule has 1 aromatic rings. The van der Waals surface area contributed by atoms with Crippen LogP contribution in [0.1, 0.15) is 26.3 Å². The van der Waals surface area contributed by atoms with Crippen LogP contribution in [-0.4, -0.2) is 12.6 Å². The maximum absolute atomic E-state index is 5.59. The van der Waals surface area contributed by atoms with Crippen LogP contribution in [0.15, 0.2) is 30.3 Å². The lowest BCUT2D eigenvalue weighted by Crippen LogP contribution is -2.45. The fourth-order valence-corrected chi connectivity index (χ4v) is 1.61. The molecule has 14 heavy (non-hydrogen) atoms. The van der Waals surface area contributed by atoms with Crippen LogP contribution >= 0.6 is 0 Å². The van der Waals surface area contributed by atoms with E-state index in [1.165, 1.54) is 5.56 Å². The largest absolute Gasteiger partial charge is 0.329 e. The predicted octanol–water partition coefficient (Wildman–Crippen LogP) is 1.86. The molecular weight excluding hydrogens is 172 g/mol. The molecule has 2 heteroatoms. The highest BCUT2D eigenvalue weighted by Crippen LogP contribution is 2.19. The van der Waals surface area contributed by atoms with Crippen molar-refractivity contribution in [3.63, 3.8) is 0 Å². The molecule has 0 spiro atoms. The zero-order chi connectivity index (χ0) is 10.6. The molecule has 2 nitrogen and oxygen atoms in total. The molecule has 0 radical (unpaired) electrons. The second-order valence-electron chi connectivity index (χ2n) is 4.27. The van der Waals surface area contributed by atoms with Crippen molar-refractivity contribution >= 4 is 0 Å². The average molecular weight is 192 g/mol. The van der Waals surface area contributed by atoms with Crippen LogP contribution < -0.4 is 11.1 Å². The Kier molecular flexibility index (Phi) is 3.67. The number of hydrogen-bond donors (Lipinski definition) is 2. The molecule has 0 bridgehead atoms. The Morgan fingerprint density at radius 3 is 2.36 bits per heavy atom. The van der Waals surface area contributed by atoms with Crippen molar-refractivity contribution in [2.45, 2.75) is 32.4 Å². The summed E-state index contributed by atoms with van der Waals surface area (Å²) in [6.45, 7) is 7.12. The van der Waals surface area contributed by atoms with Crippen LogP contribution in [-0.2, 0) is 5.54 Å². The Balaban J connectivity index is 2.75. The lowest BCUT2D eigenvalue weighted by molar-refractivity contribution is 0.356. The number of rotatable bonds is 4. The third kappa shape index (κ3) is 2.82. The van der Waals surface area contributed by atoms with Crippen molar-refractivity contribution in [3.05, 3.63) is 35.9 Å². The van der Waals surface area contributed by atoms with E-state index in [2.05, 4.69) is 50.4 Å². The summed E-state index contributed by atoms with van der Waals surface area (Å²) in [5.74, 6) is 0. The highest BCUT2D eigenvalue weighted by Gasteiger charge is 2.20. The zero-order valence-corrected chi connectivity index (χ0v) is 9.25. The summed E-state index contributed by atoms with van der Waals surface area (Å²) in [7, 11) is 0. The maximum Gasteiger partial charge on any atom is 0.0380 e. The van der Waals surface area contributed by atoms with Gasteiger partial charge in [0.25, 0.3) is 0 Å². The SMILES string of the molecule is CC(CN)NC(C)(C)c1ccccc1. The summed E-state index contributed by atoms with van der Waals surface area (Å²) in [6, 6.07) is 10.8. The first kappa shape index (κ1) is 11.2. The first-order valence-electron chi connectivity index (χ1n) is 5.09. The van der Waals surface area contributed by atoms with Gasteiger partial charge in [0.1, 0.15) is 0 Å². The van der Waals surface area contributed by atoms with Gasteiger partial charge in [0.05, 0.1) is 0 Å². The molecule has 0 fully saturated rings. The summed E-state index contributed by atoms with van der Waals surface area (Å²) in [4.78, 5) is 0. The van der Waals surface area contributed by atoms with E-state index in [-0.39, 0.29) is 5.54 Å². The normalized spacial score (nSPS) is 14.0. The standard InChI is InChI=1S/C12H20N2/c1-10(9-13)14-12(2,3)11-7-5-4-6-8-11/h4-8,10,14H,9,13H2,1-3H3. The van der Waals surface area contributed by atoms with Crippen molar-refractivity contribution in [1.82, 2.24) is 5.32 Å². The highest BCUT2D eigenvalue weighted by atomic mass is 15.0. The molecule has 1 rings (SSSR count). The number of hydrogen-bond acceptors (Lipinski definition) is 2. The maximum atomic E-state index is 5.59. The van der Waals surface area contributed by atoms with Crippen LogP contribution in [0.5, 0.6) is 0 Å². The van der Waals surface area contributed by atoms with Gasteiger partial charge in [-0.3, -0.25) is 0 Å². The molecule has 78 valence electrons. The van der Waals surface area contributed by atoms with E-state index in [9.17, 15) is 0 Å². The van der Waals surface area contributed by atoms with E-state index < -0.39 is 0 Å². The molecule has 0 aliphatic heterocycles. The quantitative estimate of drug-likeness (QED) is 0.764. The van der Waals surface area contributed by atoms with E-state index >= 15 is 0 Å². The zero-order valence-electron chi connectivity index (χ0n) is 9.25. The van der Waals surface area contributed by atoms with Gasteiger partial charge in [-0.1, -0.05) is 30.3 Å². The second-order valence-corrected chi connectivity index (χ2v) is 4.27. The Morgan fingerprint density at radius 2 is 1.86 bits per heavy atom. The topological polar surface area (TPSA) is 38.0 Å². The van der Waals surface area contributed by atoms with E-state index in [0.29, 0.717) is 12.6 Å². The van der Waals surface area contributed by atoms with E-state index in [4.69, 9.17) is 5.73 Å². The lowest BCUT2D eigenvalue weighted by Gasteiger charge is -2.30. The van der Waals surface area contributed by atoms with Gasteiger partial charge in [0.2, 0.25) is 0 Å². The number of benzene rings is 1. The Morgan fingerprint density at radius 1 is 1.29 bits per heavy atom.